The summed E-state index contributed by atoms with van der Waals surface area (Å²) in [7, 11) is -1.23. The lowest BCUT2D eigenvalue weighted by molar-refractivity contribution is 0.311. The van der Waals surface area contributed by atoms with Crippen molar-refractivity contribution in [2.24, 2.45) is 0 Å². The smallest absolute Gasteiger partial charge is 0.222 e. The van der Waals surface area contributed by atoms with Crippen molar-refractivity contribution in [1.82, 2.24) is 19.9 Å². The number of anilines is 2. The van der Waals surface area contributed by atoms with Crippen LogP contribution in [0.4, 0.5) is 16.0 Å². The molecule has 1 aliphatic rings. The first-order valence-electron chi connectivity index (χ1n) is 10.5. The number of aliphatic hydroxyl groups excluding tert-OH is 1. The number of fused-ring (bicyclic) bond motifs is 1. The number of aliphatic hydroxyl groups is 1. The molecule has 0 amide bonds. The predicted molar refractivity (Wildman–Crippen MR) is 128 cm³/mol. The Hall–Kier alpha value is -3.02. The lowest BCUT2D eigenvalue weighted by Gasteiger charge is -2.23. The Morgan fingerprint density at radius 2 is 2.06 bits per heavy atom. The molecule has 4 heterocycles. The van der Waals surface area contributed by atoms with Crippen molar-refractivity contribution in [2.75, 3.05) is 24.2 Å². The Kier molecular flexibility index (Phi) is 6.00. The van der Waals surface area contributed by atoms with E-state index in [1.54, 1.807) is 18.5 Å². The van der Waals surface area contributed by atoms with E-state index in [1.165, 1.54) is 29.7 Å². The highest BCUT2D eigenvalue weighted by molar-refractivity contribution is 7.88. The predicted octanol–water partition coefficient (Wildman–Crippen LogP) is 3.60. The van der Waals surface area contributed by atoms with Crippen molar-refractivity contribution >= 4 is 44.0 Å². The standard InChI is InChI=1S/C22H21FN6O2S2/c23-15-5-2-6-25-19(15)14-9-16(12-10-27-22(28-11-12)26-7-8-30)29-20-17(14)18(24)21(32-20)33(31)13-3-1-4-13/h2,5-6,9-11,13,30H,1,3-4,7-8,24H2,(H,26,27,28)/t33-/m0/s1. The van der Waals surface area contributed by atoms with Gasteiger partial charge in [-0.15, -0.1) is 11.3 Å². The van der Waals surface area contributed by atoms with Gasteiger partial charge in [0.15, 0.2) is 0 Å². The molecule has 170 valence electrons. The molecule has 1 saturated carbocycles. The van der Waals surface area contributed by atoms with Gasteiger partial charge in [-0.05, 0) is 31.0 Å². The second-order valence-corrected chi connectivity index (χ2v) is 10.6. The largest absolute Gasteiger partial charge is 0.396 e. The molecule has 0 radical (unpaired) electrons. The van der Waals surface area contributed by atoms with Crippen molar-refractivity contribution in [3.63, 3.8) is 0 Å². The van der Waals surface area contributed by atoms with Crippen LogP contribution in [0.3, 0.4) is 0 Å². The first-order valence-corrected chi connectivity index (χ1v) is 12.5. The van der Waals surface area contributed by atoms with Gasteiger partial charge in [-0.3, -0.25) is 9.19 Å². The summed E-state index contributed by atoms with van der Waals surface area (Å²) >= 11 is 1.28. The quantitative estimate of drug-likeness (QED) is 0.363. The average Bonchev–Trinajstić information content (AvgIpc) is 3.13. The second-order valence-electron chi connectivity index (χ2n) is 7.67. The Morgan fingerprint density at radius 3 is 2.73 bits per heavy atom. The molecular formula is C22H21FN6O2S2. The van der Waals surface area contributed by atoms with E-state index < -0.39 is 16.6 Å². The minimum atomic E-state index is -1.23. The number of rotatable bonds is 7. The zero-order chi connectivity index (χ0) is 22.9. The zero-order valence-electron chi connectivity index (χ0n) is 17.5. The van der Waals surface area contributed by atoms with Crippen LogP contribution in [-0.2, 0) is 10.8 Å². The summed E-state index contributed by atoms with van der Waals surface area (Å²) < 4.78 is 28.4. The van der Waals surface area contributed by atoms with Gasteiger partial charge in [-0.1, -0.05) is 6.42 Å². The molecule has 33 heavy (non-hydrogen) atoms. The second kappa shape index (κ2) is 9.08. The van der Waals surface area contributed by atoms with Gasteiger partial charge in [0.2, 0.25) is 5.95 Å². The number of nitrogens with zero attached hydrogens (tertiary/aromatic N) is 4. The molecule has 1 aliphatic carbocycles. The number of halogens is 1. The van der Waals surface area contributed by atoms with Crippen LogP contribution in [0.25, 0.3) is 32.7 Å². The molecule has 4 N–H and O–H groups in total. The number of pyridine rings is 2. The van der Waals surface area contributed by atoms with Gasteiger partial charge in [-0.2, -0.15) is 0 Å². The van der Waals surface area contributed by atoms with E-state index in [9.17, 15) is 8.60 Å². The maximum absolute atomic E-state index is 14.8. The monoisotopic (exact) mass is 484 g/mol. The summed E-state index contributed by atoms with van der Waals surface area (Å²) in [4.78, 5) is 18.0. The number of nitrogen functional groups attached to an aromatic ring is 1. The Labute approximate surface area is 195 Å². The van der Waals surface area contributed by atoms with Crippen molar-refractivity contribution in [3.8, 4) is 22.5 Å². The normalized spacial score (nSPS) is 14.8. The summed E-state index contributed by atoms with van der Waals surface area (Å²) in [5.74, 6) is -0.105. The molecule has 8 nitrogen and oxygen atoms in total. The van der Waals surface area contributed by atoms with Crippen molar-refractivity contribution in [2.45, 2.75) is 28.7 Å². The molecule has 0 aromatic carbocycles. The Bertz CT molecular complexity index is 1340. The fraction of sp³-hybridized carbons (Fsp3) is 0.273. The number of thiophene rings is 1. The molecule has 0 bridgehead atoms. The number of hydrogen-bond acceptors (Lipinski definition) is 9. The highest BCUT2D eigenvalue weighted by Gasteiger charge is 2.30. The molecule has 0 aliphatic heterocycles. The molecule has 5 rings (SSSR count). The van der Waals surface area contributed by atoms with E-state index in [4.69, 9.17) is 15.8 Å². The van der Waals surface area contributed by atoms with Crippen molar-refractivity contribution in [3.05, 3.63) is 42.6 Å². The number of hydrogen-bond donors (Lipinski definition) is 3. The third-order valence-electron chi connectivity index (χ3n) is 5.56. The van der Waals surface area contributed by atoms with Crippen LogP contribution in [0.5, 0.6) is 0 Å². The van der Waals surface area contributed by atoms with Crippen LogP contribution < -0.4 is 11.1 Å². The molecule has 1 atom stereocenters. The van der Waals surface area contributed by atoms with Crippen LogP contribution in [0.1, 0.15) is 19.3 Å². The minimum Gasteiger partial charge on any atom is -0.396 e. The van der Waals surface area contributed by atoms with Crippen LogP contribution >= 0.6 is 11.3 Å². The van der Waals surface area contributed by atoms with E-state index in [0.717, 1.165) is 19.3 Å². The van der Waals surface area contributed by atoms with Crippen LogP contribution in [0.15, 0.2) is 41.0 Å². The van der Waals surface area contributed by atoms with Crippen LogP contribution in [0.2, 0.25) is 0 Å². The molecule has 1 fully saturated rings. The summed E-state index contributed by atoms with van der Waals surface area (Å²) in [5.41, 5.74) is 8.64. The molecule has 0 unspecified atom stereocenters. The average molecular weight is 485 g/mol. The molecule has 11 heteroatoms. The first kappa shape index (κ1) is 21.8. The van der Waals surface area contributed by atoms with Crippen molar-refractivity contribution < 1.29 is 13.7 Å². The van der Waals surface area contributed by atoms with E-state index in [1.807, 2.05) is 0 Å². The summed E-state index contributed by atoms with van der Waals surface area (Å²) in [5, 5.41) is 12.5. The highest BCUT2D eigenvalue weighted by Crippen LogP contribution is 2.44. The van der Waals surface area contributed by atoms with Gasteiger partial charge in [0, 0.05) is 46.9 Å². The van der Waals surface area contributed by atoms with Gasteiger partial charge >= 0.3 is 0 Å². The van der Waals surface area contributed by atoms with E-state index in [-0.39, 0.29) is 17.6 Å². The fourth-order valence-electron chi connectivity index (χ4n) is 3.62. The molecule has 4 aromatic heterocycles. The summed E-state index contributed by atoms with van der Waals surface area (Å²) in [6.07, 6.45) is 7.61. The highest BCUT2D eigenvalue weighted by atomic mass is 32.2. The van der Waals surface area contributed by atoms with E-state index >= 15 is 0 Å². The SMILES string of the molecule is Nc1c([S@@](=O)C2CCC2)sc2nc(-c3cnc(NCCO)nc3)cc(-c3ncccc3F)c12. The van der Waals surface area contributed by atoms with Gasteiger partial charge in [0.1, 0.15) is 20.6 Å². The van der Waals surface area contributed by atoms with Gasteiger partial charge in [-0.25, -0.2) is 19.3 Å². The third kappa shape index (κ3) is 4.07. The molecular weight excluding hydrogens is 463 g/mol. The summed E-state index contributed by atoms with van der Waals surface area (Å²) in [6.45, 7) is 0.300. The first-order chi connectivity index (χ1) is 16.1. The maximum Gasteiger partial charge on any atom is 0.222 e. The minimum absolute atomic E-state index is 0.0350. The van der Waals surface area contributed by atoms with E-state index in [2.05, 4.69) is 20.3 Å². The number of nitrogens with two attached hydrogens (primary N) is 1. The van der Waals surface area contributed by atoms with E-state index in [0.29, 0.717) is 49.4 Å². The Balaban J connectivity index is 1.67. The molecule has 0 saturated heterocycles. The lowest BCUT2D eigenvalue weighted by atomic mass is 10.0. The maximum atomic E-state index is 14.8. The number of aromatic nitrogens is 4. The van der Waals surface area contributed by atoms with Crippen molar-refractivity contribution in [1.29, 1.82) is 0 Å². The fourth-order valence-corrected chi connectivity index (χ4v) is 6.83. The third-order valence-corrected chi connectivity index (χ3v) is 8.86. The number of nitrogens with one attached hydrogen (secondary N) is 1. The van der Waals surface area contributed by atoms with Crippen LogP contribution in [0, 0.1) is 5.82 Å². The Morgan fingerprint density at radius 1 is 1.27 bits per heavy atom. The van der Waals surface area contributed by atoms with Gasteiger partial charge in [0.25, 0.3) is 0 Å². The van der Waals surface area contributed by atoms with Gasteiger partial charge < -0.3 is 16.2 Å². The zero-order valence-corrected chi connectivity index (χ0v) is 19.1. The summed E-state index contributed by atoms with van der Waals surface area (Å²) in [6, 6.07) is 4.58. The van der Waals surface area contributed by atoms with Crippen LogP contribution in [-0.4, -0.2) is 47.7 Å². The molecule has 0 spiro atoms. The molecule has 4 aromatic rings. The lowest BCUT2D eigenvalue weighted by Crippen LogP contribution is -2.23. The van der Waals surface area contributed by atoms with Gasteiger partial charge in [0.05, 0.1) is 28.8 Å². The topological polar surface area (TPSA) is 127 Å².